The second-order valence-corrected chi connectivity index (χ2v) is 8.37. The summed E-state index contributed by atoms with van der Waals surface area (Å²) < 4.78 is 46.7. The molecule has 0 fully saturated rings. The third kappa shape index (κ3) is 3.38. The Morgan fingerprint density at radius 2 is 1.60 bits per heavy atom. The van der Waals surface area contributed by atoms with Gasteiger partial charge in [-0.1, -0.05) is 11.6 Å². The predicted molar refractivity (Wildman–Crippen MR) is 75.0 cm³/mol. The molecule has 0 saturated heterocycles. The fraction of sp³-hybridized carbons (Fsp3) is 0.333. The lowest BCUT2D eigenvalue weighted by atomic mass is 10.2. The van der Waals surface area contributed by atoms with Crippen LogP contribution in [-0.4, -0.2) is 34.3 Å². The van der Waals surface area contributed by atoms with Crippen LogP contribution in [0.1, 0.15) is 5.56 Å². The number of benzene rings is 1. The minimum Gasteiger partial charge on any atom is -0.258 e. The van der Waals surface area contributed by atoms with Crippen LogP contribution >= 0.6 is 11.6 Å². The van der Waals surface area contributed by atoms with E-state index in [2.05, 4.69) is 0 Å². The summed E-state index contributed by atoms with van der Waals surface area (Å²) in [6.07, 6.45) is 1.42. The van der Waals surface area contributed by atoms with Crippen LogP contribution in [0.5, 0.6) is 0 Å². The Morgan fingerprint density at radius 1 is 1.15 bits per heavy atom. The first-order valence-electron chi connectivity index (χ1n) is 5.00. The summed E-state index contributed by atoms with van der Waals surface area (Å²) in [5.41, 5.74) is -0.586. The number of anilines is 1. The highest BCUT2D eigenvalue weighted by Crippen LogP contribution is 2.34. The quantitative estimate of drug-likeness (QED) is 0.601. The van der Waals surface area contributed by atoms with Crippen LogP contribution in [0.15, 0.2) is 12.1 Å². The zero-order valence-electron chi connectivity index (χ0n) is 10.7. The maximum absolute atomic E-state index is 11.6. The standard InChI is InChI=1S/C9H11ClN2O6S2/c1-6-4-9(11(13)14)7(10)5-8(6)12(19(2,15)16)20(3,17)18/h4-5H,1-3H3. The summed E-state index contributed by atoms with van der Waals surface area (Å²) in [7, 11) is -8.26. The van der Waals surface area contributed by atoms with Crippen molar-refractivity contribution in [3.05, 3.63) is 32.8 Å². The van der Waals surface area contributed by atoms with Crippen LogP contribution in [-0.2, 0) is 20.0 Å². The lowest BCUT2D eigenvalue weighted by molar-refractivity contribution is -0.384. The summed E-state index contributed by atoms with van der Waals surface area (Å²) in [5, 5.41) is 10.4. The van der Waals surface area contributed by atoms with Gasteiger partial charge in [0.2, 0.25) is 20.0 Å². The number of nitro groups is 1. The van der Waals surface area contributed by atoms with Gasteiger partial charge in [0.1, 0.15) is 5.02 Å². The molecule has 0 spiro atoms. The van der Waals surface area contributed by atoms with Crippen LogP contribution in [0.4, 0.5) is 11.4 Å². The van der Waals surface area contributed by atoms with E-state index in [0.29, 0.717) is 12.5 Å². The van der Waals surface area contributed by atoms with Crippen molar-refractivity contribution in [3.8, 4) is 0 Å². The van der Waals surface area contributed by atoms with Gasteiger partial charge in [0.25, 0.3) is 5.69 Å². The van der Waals surface area contributed by atoms with Gasteiger partial charge in [-0.3, -0.25) is 10.1 Å². The summed E-state index contributed by atoms with van der Waals surface area (Å²) in [6, 6.07) is 1.96. The number of aryl methyl sites for hydroxylation is 1. The van der Waals surface area contributed by atoms with Crippen molar-refractivity contribution >= 4 is 43.0 Å². The molecule has 0 saturated carbocycles. The molecule has 0 radical (unpaired) electrons. The molecule has 1 rings (SSSR count). The number of rotatable bonds is 4. The molecule has 0 N–H and O–H groups in total. The summed E-state index contributed by atoms with van der Waals surface area (Å²) in [5.74, 6) is 0. The Kier molecular flexibility index (Phi) is 4.32. The summed E-state index contributed by atoms with van der Waals surface area (Å²) in [4.78, 5) is 9.97. The third-order valence-corrected chi connectivity index (χ3v) is 5.79. The van der Waals surface area contributed by atoms with Crippen molar-refractivity contribution in [3.63, 3.8) is 0 Å². The Labute approximate surface area is 121 Å². The summed E-state index contributed by atoms with van der Waals surface area (Å²) >= 11 is 5.68. The molecular weight excluding hydrogens is 332 g/mol. The van der Waals surface area contributed by atoms with E-state index >= 15 is 0 Å². The molecule has 0 atom stereocenters. The molecule has 20 heavy (non-hydrogen) atoms. The highest BCUT2D eigenvalue weighted by Gasteiger charge is 2.30. The number of nitro benzene ring substituents is 1. The first kappa shape index (κ1) is 16.7. The average molecular weight is 343 g/mol. The molecule has 112 valence electrons. The van der Waals surface area contributed by atoms with Crippen molar-refractivity contribution in [1.82, 2.24) is 0 Å². The fourth-order valence-electron chi connectivity index (χ4n) is 1.60. The van der Waals surface area contributed by atoms with E-state index in [1.54, 1.807) is 0 Å². The second kappa shape index (κ2) is 5.19. The van der Waals surface area contributed by atoms with Crippen molar-refractivity contribution in [2.75, 3.05) is 16.2 Å². The van der Waals surface area contributed by atoms with Gasteiger partial charge in [-0.15, -0.1) is 0 Å². The van der Waals surface area contributed by atoms with Crippen LogP contribution in [0.2, 0.25) is 5.02 Å². The van der Waals surface area contributed by atoms with Crippen molar-refractivity contribution in [1.29, 1.82) is 0 Å². The first-order valence-corrected chi connectivity index (χ1v) is 9.08. The Hall–Kier alpha value is -1.39. The lowest BCUT2D eigenvalue weighted by Gasteiger charge is -2.21. The van der Waals surface area contributed by atoms with E-state index in [-0.39, 0.29) is 20.0 Å². The van der Waals surface area contributed by atoms with Crippen LogP contribution in [0.25, 0.3) is 0 Å². The Bertz CT molecular complexity index is 740. The molecule has 1 aromatic carbocycles. The number of halogens is 1. The van der Waals surface area contributed by atoms with Gasteiger partial charge < -0.3 is 0 Å². The van der Waals surface area contributed by atoms with E-state index in [0.717, 1.165) is 12.1 Å². The second-order valence-electron chi connectivity index (χ2n) is 4.07. The maximum Gasteiger partial charge on any atom is 0.288 e. The minimum atomic E-state index is -4.13. The molecule has 1 aromatic rings. The highest BCUT2D eigenvalue weighted by molar-refractivity contribution is 8.09. The van der Waals surface area contributed by atoms with Crippen LogP contribution in [0, 0.1) is 17.0 Å². The molecule has 0 bridgehead atoms. The molecule has 0 aromatic heterocycles. The third-order valence-electron chi connectivity index (χ3n) is 2.26. The van der Waals surface area contributed by atoms with Gasteiger partial charge in [0.15, 0.2) is 0 Å². The largest absolute Gasteiger partial charge is 0.288 e. The zero-order valence-corrected chi connectivity index (χ0v) is 13.1. The molecule has 8 nitrogen and oxygen atoms in total. The highest BCUT2D eigenvalue weighted by atomic mass is 35.5. The van der Waals surface area contributed by atoms with Crippen LogP contribution in [0.3, 0.4) is 0 Å². The van der Waals surface area contributed by atoms with Crippen LogP contribution < -0.4 is 3.71 Å². The van der Waals surface area contributed by atoms with Gasteiger partial charge >= 0.3 is 0 Å². The van der Waals surface area contributed by atoms with E-state index in [4.69, 9.17) is 11.6 Å². The van der Waals surface area contributed by atoms with Crippen molar-refractivity contribution in [2.24, 2.45) is 0 Å². The smallest absolute Gasteiger partial charge is 0.258 e. The number of hydrogen-bond acceptors (Lipinski definition) is 6. The molecule has 0 unspecified atom stereocenters. The Morgan fingerprint density at radius 3 is 1.95 bits per heavy atom. The van der Waals surface area contributed by atoms with E-state index in [1.165, 1.54) is 6.92 Å². The zero-order chi connectivity index (χ0) is 15.9. The number of nitrogens with zero attached hydrogens (tertiary/aromatic N) is 2. The van der Waals surface area contributed by atoms with Gasteiger partial charge in [-0.25, -0.2) is 16.8 Å². The maximum atomic E-state index is 11.6. The fourth-order valence-corrected chi connectivity index (χ4v) is 4.90. The Balaban J connectivity index is 3.69. The molecule has 0 heterocycles. The van der Waals surface area contributed by atoms with E-state index in [1.807, 2.05) is 0 Å². The monoisotopic (exact) mass is 342 g/mol. The first-order chi connectivity index (χ1) is 8.85. The predicted octanol–water partition coefficient (Wildman–Crippen LogP) is 1.28. The van der Waals surface area contributed by atoms with E-state index < -0.39 is 30.7 Å². The van der Waals surface area contributed by atoms with Gasteiger partial charge in [0.05, 0.1) is 23.1 Å². The molecule has 0 aliphatic carbocycles. The number of hydrogen-bond donors (Lipinski definition) is 0. The van der Waals surface area contributed by atoms with E-state index in [9.17, 15) is 26.9 Å². The SMILES string of the molecule is Cc1cc([N+](=O)[O-])c(Cl)cc1N(S(C)(=O)=O)S(C)(=O)=O. The normalized spacial score (nSPS) is 12.2. The topological polar surface area (TPSA) is 115 Å². The van der Waals surface area contributed by atoms with Gasteiger partial charge in [-0.05, 0) is 18.6 Å². The molecule has 0 amide bonds. The van der Waals surface area contributed by atoms with Gasteiger partial charge in [-0.2, -0.15) is 3.71 Å². The minimum absolute atomic E-state index is 0.0944. The van der Waals surface area contributed by atoms with Crippen molar-refractivity contribution in [2.45, 2.75) is 6.92 Å². The molecule has 0 aliphatic rings. The molecule has 0 aliphatic heterocycles. The number of sulfonamides is 2. The summed E-state index contributed by atoms with van der Waals surface area (Å²) in [6.45, 7) is 1.35. The lowest BCUT2D eigenvalue weighted by Crippen LogP contribution is -2.35. The average Bonchev–Trinajstić information content (AvgIpc) is 2.18. The molecular formula is C9H11ClN2O6S2. The van der Waals surface area contributed by atoms with Gasteiger partial charge in [0, 0.05) is 6.07 Å². The van der Waals surface area contributed by atoms with Crippen molar-refractivity contribution < 1.29 is 21.8 Å². The molecule has 11 heteroatoms.